The summed E-state index contributed by atoms with van der Waals surface area (Å²) in [5.74, 6) is 0.0913. The molecule has 1 aliphatic rings. The van der Waals surface area contributed by atoms with Crippen LogP contribution in [0.15, 0.2) is 65.6 Å². The van der Waals surface area contributed by atoms with E-state index >= 15 is 0 Å². The van der Waals surface area contributed by atoms with E-state index in [1.165, 1.54) is 30.3 Å². The SMILES string of the molecule is Cc1cc(S(=O)(=O)Nc2ccccc2Oc2ccc(Cl)cc2Cl)ccc1C(=O)NC(=O)NCC1CCN(C(=N)N)CC1. The summed E-state index contributed by atoms with van der Waals surface area (Å²) in [5.41, 5.74) is 6.19. The molecule has 11 nitrogen and oxygen atoms in total. The number of carbonyl (C=O) groups is 2. The van der Waals surface area contributed by atoms with Crippen LogP contribution in [-0.2, 0) is 10.0 Å². The van der Waals surface area contributed by atoms with E-state index in [9.17, 15) is 18.0 Å². The second-order valence-electron chi connectivity index (χ2n) is 9.74. The molecule has 3 amide bonds. The Bertz CT molecular complexity index is 1610. The number of para-hydroxylation sites is 2. The van der Waals surface area contributed by atoms with E-state index in [-0.39, 0.29) is 38.8 Å². The molecule has 0 spiro atoms. The van der Waals surface area contributed by atoms with Crippen molar-refractivity contribution in [3.05, 3.63) is 81.8 Å². The van der Waals surface area contributed by atoms with Crippen LogP contribution >= 0.6 is 23.2 Å². The average Bonchev–Trinajstić information content (AvgIpc) is 2.94. The summed E-state index contributed by atoms with van der Waals surface area (Å²) in [6.45, 7) is 3.23. The molecule has 0 radical (unpaired) electrons. The molecular formula is C28H30Cl2N6O5S. The van der Waals surface area contributed by atoms with Crippen molar-refractivity contribution in [2.75, 3.05) is 24.4 Å². The van der Waals surface area contributed by atoms with Gasteiger partial charge in [0.2, 0.25) is 0 Å². The average molecular weight is 634 g/mol. The smallest absolute Gasteiger partial charge is 0.321 e. The number of hydrogen-bond donors (Lipinski definition) is 5. The maximum absolute atomic E-state index is 13.2. The van der Waals surface area contributed by atoms with Gasteiger partial charge in [-0.15, -0.1) is 0 Å². The normalized spacial score (nSPS) is 13.7. The van der Waals surface area contributed by atoms with Crippen molar-refractivity contribution in [2.24, 2.45) is 11.7 Å². The molecule has 1 fully saturated rings. The second kappa shape index (κ2) is 13.3. The van der Waals surface area contributed by atoms with Crippen LogP contribution in [0.4, 0.5) is 10.5 Å². The Morgan fingerprint density at radius 2 is 1.76 bits per heavy atom. The van der Waals surface area contributed by atoms with Gasteiger partial charge in [-0.3, -0.25) is 20.2 Å². The fourth-order valence-electron chi connectivity index (χ4n) is 4.41. The third-order valence-electron chi connectivity index (χ3n) is 6.73. The van der Waals surface area contributed by atoms with Gasteiger partial charge in [-0.1, -0.05) is 35.3 Å². The number of piperidine rings is 1. The lowest BCUT2D eigenvalue weighted by molar-refractivity contribution is 0.0962. The molecule has 42 heavy (non-hydrogen) atoms. The molecule has 3 aromatic carbocycles. The Morgan fingerprint density at radius 3 is 2.43 bits per heavy atom. The maximum atomic E-state index is 13.2. The highest BCUT2D eigenvalue weighted by Crippen LogP contribution is 2.36. The van der Waals surface area contributed by atoms with Crippen molar-refractivity contribution in [3.63, 3.8) is 0 Å². The summed E-state index contributed by atoms with van der Waals surface area (Å²) in [6, 6.07) is 14.5. The number of urea groups is 1. The Balaban J connectivity index is 1.38. The van der Waals surface area contributed by atoms with Gasteiger partial charge in [-0.05, 0) is 79.8 Å². The zero-order valence-electron chi connectivity index (χ0n) is 22.6. The first-order valence-electron chi connectivity index (χ1n) is 13.0. The highest BCUT2D eigenvalue weighted by atomic mass is 35.5. The largest absolute Gasteiger partial charge is 0.454 e. The van der Waals surface area contributed by atoms with E-state index in [1.54, 1.807) is 42.2 Å². The highest BCUT2D eigenvalue weighted by molar-refractivity contribution is 7.92. The van der Waals surface area contributed by atoms with E-state index in [4.69, 9.17) is 39.1 Å². The van der Waals surface area contributed by atoms with Crippen LogP contribution in [0, 0.1) is 18.3 Å². The molecule has 0 saturated carbocycles. The third-order valence-corrected chi connectivity index (χ3v) is 8.63. The minimum Gasteiger partial charge on any atom is -0.454 e. The Morgan fingerprint density at radius 1 is 1.05 bits per heavy atom. The number of aryl methyl sites for hydroxylation is 1. The van der Waals surface area contributed by atoms with Crippen molar-refractivity contribution in [1.82, 2.24) is 15.5 Å². The number of guanidine groups is 1. The summed E-state index contributed by atoms with van der Waals surface area (Å²) in [6.07, 6.45) is 1.53. The lowest BCUT2D eigenvalue weighted by Crippen LogP contribution is -2.46. The Kier molecular flexibility index (Phi) is 9.81. The van der Waals surface area contributed by atoms with Crippen LogP contribution in [0.1, 0.15) is 28.8 Å². The summed E-state index contributed by atoms with van der Waals surface area (Å²) < 4.78 is 34.8. The van der Waals surface area contributed by atoms with Gasteiger partial charge in [0.05, 0.1) is 15.6 Å². The summed E-state index contributed by atoms with van der Waals surface area (Å²) in [4.78, 5) is 26.8. The van der Waals surface area contributed by atoms with E-state index in [0.717, 1.165) is 12.8 Å². The predicted octanol–water partition coefficient (Wildman–Crippen LogP) is 4.94. The number of rotatable bonds is 8. The van der Waals surface area contributed by atoms with Crippen LogP contribution in [0.2, 0.25) is 10.0 Å². The number of nitrogens with one attached hydrogen (secondary N) is 4. The third kappa shape index (κ3) is 7.84. The number of likely N-dealkylation sites (tertiary alicyclic amines) is 1. The number of ether oxygens (including phenoxy) is 1. The van der Waals surface area contributed by atoms with Crippen LogP contribution in [-0.4, -0.2) is 50.8 Å². The van der Waals surface area contributed by atoms with Crippen LogP contribution in [0.3, 0.4) is 0 Å². The number of imide groups is 1. The number of hydrogen-bond acceptors (Lipinski definition) is 6. The van der Waals surface area contributed by atoms with Crippen molar-refractivity contribution < 1.29 is 22.7 Å². The molecule has 0 unspecified atom stereocenters. The first-order chi connectivity index (χ1) is 19.9. The summed E-state index contributed by atoms with van der Waals surface area (Å²) in [7, 11) is -4.08. The molecule has 0 atom stereocenters. The van der Waals surface area contributed by atoms with Gasteiger partial charge in [-0.25, -0.2) is 13.2 Å². The predicted molar refractivity (Wildman–Crippen MR) is 162 cm³/mol. The fraction of sp³-hybridized carbons (Fsp3) is 0.250. The maximum Gasteiger partial charge on any atom is 0.321 e. The van der Waals surface area contributed by atoms with E-state index in [1.807, 2.05) is 0 Å². The molecule has 14 heteroatoms. The van der Waals surface area contributed by atoms with Gasteiger partial charge < -0.3 is 20.7 Å². The number of carbonyl (C=O) groups excluding carboxylic acids is 2. The fourth-order valence-corrected chi connectivity index (χ4v) is 6.01. The molecule has 6 N–H and O–H groups in total. The van der Waals surface area contributed by atoms with Crippen LogP contribution < -0.4 is 25.8 Å². The highest BCUT2D eigenvalue weighted by Gasteiger charge is 2.22. The number of amides is 3. The summed E-state index contributed by atoms with van der Waals surface area (Å²) in [5, 5.41) is 13.2. The van der Waals surface area contributed by atoms with Crippen molar-refractivity contribution in [2.45, 2.75) is 24.7 Å². The molecule has 222 valence electrons. The Labute approximate surface area is 253 Å². The molecule has 1 aliphatic heterocycles. The number of benzene rings is 3. The molecular weight excluding hydrogens is 603 g/mol. The van der Waals surface area contributed by atoms with Gasteiger partial charge >= 0.3 is 6.03 Å². The molecule has 0 aliphatic carbocycles. The lowest BCUT2D eigenvalue weighted by Gasteiger charge is -2.32. The van der Waals surface area contributed by atoms with Crippen LogP contribution in [0.5, 0.6) is 11.5 Å². The molecule has 1 heterocycles. The number of anilines is 1. The quantitative estimate of drug-likeness (QED) is 0.173. The number of halogens is 2. The molecule has 0 bridgehead atoms. The van der Waals surface area contributed by atoms with Crippen molar-refractivity contribution in [1.29, 1.82) is 5.41 Å². The number of nitrogens with zero attached hydrogens (tertiary/aromatic N) is 1. The summed E-state index contributed by atoms with van der Waals surface area (Å²) >= 11 is 12.1. The topological polar surface area (TPSA) is 167 Å². The van der Waals surface area contributed by atoms with Crippen molar-refractivity contribution >= 4 is 56.8 Å². The van der Waals surface area contributed by atoms with Gasteiger partial charge in [-0.2, -0.15) is 0 Å². The zero-order chi connectivity index (χ0) is 30.4. The van der Waals surface area contributed by atoms with Crippen LogP contribution in [0.25, 0.3) is 0 Å². The standard InChI is InChI=1S/C28H30Cl2N6O5S/c1-17-14-20(7-8-21(17)26(37)34-28(38)33-16-18-10-12-36(13-11-18)27(31)32)42(39,40)35-23-4-2-3-5-25(23)41-24-9-6-19(29)15-22(24)30/h2-9,14-15,18,35H,10-13,16H2,1H3,(H3,31,32)(H2,33,34,37,38). The monoisotopic (exact) mass is 632 g/mol. The van der Waals surface area contributed by atoms with Gasteiger partial charge in [0.25, 0.3) is 15.9 Å². The second-order valence-corrected chi connectivity index (χ2v) is 12.3. The van der Waals surface area contributed by atoms with E-state index < -0.39 is 22.0 Å². The number of sulfonamides is 1. The first kappa shape index (κ1) is 30.9. The number of nitrogens with two attached hydrogens (primary N) is 1. The van der Waals surface area contributed by atoms with Gasteiger partial charge in [0, 0.05) is 30.2 Å². The molecule has 0 aromatic heterocycles. The lowest BCUT2D eigenvalue weighted by atomic mass is 9.97. The van der Waals surface area contributed by atoms with E-state index in [0.29, 0.717) is 36.0 Å². The molecule has 1 saturated heterocycles. The van der Waals surface area contributed by atoms with Gasteiger partial charge in [0.1, 0.15) is 5.75 Å². The zero-order valence-corrected chi connectivity index (χ0v) is 24.9. The molecule has 4 rings (SSSR count). The molecule has 3 aromatic rings. The van der Waals surface area contributed by atoms with Gasteiger partial charge in [0.15, 0.2) is 11.7 Å². The Hall–Kier alpha value is -4.00. The van der Waals surface area contributed by atoms with E-state index in [2.05, 4.69) is 15.4 Å². The first-order valence-corrected chi connectivity index (χ1v) is 15.2. The minimum absolute atomic E-state index is 0.0352. The minimum atomic E-state index is -4.08. The van der Waals surface area contributed by atoms with Crippen molar-refractivity contribution in [3.8, 4) is 11.5 Å².